The lowest BCUT2D eigenvalue weighted by Crippen LogP contribution is -2.46. The highest BCUT2D eigenvalue weighted by molar-refractivity contribution is 5.60. The molecule has 3 aromatic rings. The van der Waals surface area contributed by atoms with Crippen LogP contribution in [0.3, 0.4) is 0 Å². The predicted molar refractivity (Wildman–Crippen MR) is 124 cm³/mol. The minimum Gasteiger partial charge on any atom is -0.494 e. The summed E-state index contributed by atoms with van der Waals surface area (Å²) in [4.78, 5) is 17.4. The molecule has 0 unspecified atom stereocenters. The number of hydrogen-bond donors (Lipinski definition) is 1. The summed E-state index contributed by atoms with van der Waals surface area (Å²) in [5.41, 5.74) is 2.32. The Balaban J connectivity index is 1.45. The first-order chi connectivity index (χ1) is 15.7. The Morgan fingerprint density at radius 2 is 2.00 bits per heavy atom. The van der Waals surface area contributed by atoms with Crippen LogP contribution in [0.1, 0.15) is 12.1 Å². The Morgan fingerprint density at radius 3 is 2.69 bits per heavy atom. The number of nitriles is 1. The summed E-state index contributed by atoms with van der Waals surface area (Å²) >= 11 is 0. The van der Waals surface area contributed by atoms with Crippen molar-refractivity contribution in [2.45, 2.75) is 6.42 Å². The van der Waals surface area contributed by atoms with Gasteiger partial charge in [-0.1, -0.05) is 6.08 Å². The Hall–Kier alpha value is -3.90. The number of nitrogens with zero attached hydrogens (tertiary/aromatic N) is 7. The lowest BCUT2D eigenvalue weighted by atomic mass is 10.2. The molecule has 164 valence electrons. The van der Waals surface area contributed by atoms with Crippen molar-refractivity contribution in [2.75, 3.05) is 50.1 Å². The molecule has 2 aromatic heterocycles. The first-order valence-electron chi connectivity index (χ1n) is 10.5. The van der Waals surface area contributed by atoms with Gasteiger partial charge in [-0.3, -0.25) is 4.90 Å². The molecule has 4 rings (SSSR count). The van der Waals surface area contributed by atoms with Gasteiger partial charge in [0.1, 0.15) is 29.8 Å². The molecular weight excluding hydrogens is 404 g/mol. The van der Waals surface area contributed by atoms with Crippen LogP contribution in [0.4, 0.5) is 17.3 Å². The van der Waals surface area contributed by atoms with Crippen molar-refractivity contribution in [2.24, 2.45) is 0 Å². The second-order valence-electron chi connectivity index (χ2n) is 7.45. The number of benzene rings is 1. The first kappa shape index (κ1) is 21.3. The van der Waals surface area contributed by atoms with E-state index in [-0.39, 0.29) is 5.69 Å². The van der Waals surface area contributed by atoms with E-state index in [0.717, 1.165) is 56.3 Å². The lowest BCUT2D eigenvalue weighted by molar-refractivity contribution is 0.262. The van der Waals surface area contributed by atoms with E-state index in [9.17, 15) is 0 Å². The van der Waals surface area contributed by atoms with Gasteiger partial charge in [0.05, 0.1) is 31.4 Å². The fourth-order valence-corrected chi connectivity index (χ4v) is 3.68. The maximum Gasteiger partial charge on any atom is 0.158 e. The number of imidazole rings is 1. The highest BCUT2D eigenvalue weighted by atomic mass is 16.5. The Morgan fingerprint density at radius 1 is 1.16 bits per heavy atom. The third kappa shape index (κ3) is 4.87. The average Bonchev–Trinajstić information content (AvgIpc) is 3.31. The van der Waals surface area contributed by atoms with E-state index < -0.39 is 0 Å². The van der Waals surface area contributed by atoms with Crippen molar-refractivity contribution in [3.8, 4) is 17.5 Å². The largest absolute Gasteiger partial charge is 0.494 e. The molecule has 1 fully saturated rings. The SMILES string of the molecule is C=CCCN1CCN(c2ccc(-n3cnc(Nc4cnc(C#N)cn4)c3)c(OC)c2)CC1. The molecule has 32 heavy (non-hydrogen) atoms. The van der Waals surface area contributed by atoms with Crippen LogP contribution in [0.25, 0.3) is 5.69 Å². The van der Waals surface area contributed by atoms with Gasteiger partial charge in [-0.2, -0.15) is 5.26 Å². The molecule has 1 aromatic carbocycles. The van der Waals surface area contributed by atoms with E-state index in [1.54, 1.807) is 13.4 Å². The third-order valence-corrected chi connectivity index (χ3v) is 5.43. The molecule has 1 N–H and O–H groups in total. The molecule has 0 amide bonds. The van der Waals surface area contributed by atoms with Gasteiger partial charge in [-0.15, -0.1) is 6.58 Å². The van der Waals surface area contributed by atoms with Gasteiger partial charge in [0.15, 0.2) is 5.69 Å². The van der Waals surface area contributed by atoms with Gasteiger partial charge < -0.3 is 19.5 Å². The maximum absolute atomic E-state index is 8.83. The van der Waals surface area contributed by atoms with Crippen LogP contribution in [0.2, 0.25) is 0 Å². The Kier molecular flexibility index (Phi) is 6.63. The average molecular weight is 431 g/mol. The van der Waals surface area contributed by atoms with Gasteiger partial charge in [0.2, 0.25) is 0 Å². The van der Waals surface area contributed by atoms with E-state index in [4.69, 9.17) is 10.00 Å². The molecule has 0 spiro atoms. The van der Waals surface area contributed by atoms with Crippen molar-refractivity contribution in [3.63, 3.8) is 0 Å². The zero-order chi connectivity index (χ0) is 22.3. The van der Waals surface area contributed by atoms with Crippen molar-refractivity contribution >= 4 is 17.3 Å². The van der Waals surface area contributed by atoms with Gasteiger partial charge in [-0.05, 0) is 18.6 Å². The molecule has 9 heteroatoms. The lowest BCUT2D eigenvalue weighted by Gasteiger charge is -2.36. The quantitative estimate of drug-likeness (QED) is 0.545. The summed E-state index contributed by atoms with van der Waals surface area (Å²) in [7, 11) is 1.68. The molecule has 0 saturated carbocycles. The minimum absolute atomic E-state index is 0.268. The number of anilines is 3. The number of methoxy groups -OCH3 is 1. The van der Waals surface area contributed by atoms with Crippen LogP contribution in [0, 0.1) is 11.3 Å². The van der Waals surface area contributed by atoms with Crippen LogP contribution in [-0.2, 0) is 0 Å². The Bertz CT molecular complexity index is 1090. The monoisotopic (exact) mass is 430 g/mol. The molecule has 1 aliphatic rings. The first-order valence-corrected chi connectivity index (χ1v) is 10.5. The molecular formula is C23H26N8O. The van der Waals surface area contributed by atoms with E-state index in [1.165, 1.54) is 12.4 Å². The number of piperazine rings is 1. The molecule has 1 aliphatic heterocycles. The molecule has 3 heterocycles. The van der Waals surface area contributed by atoms with Gasteiger partial charge in [-0.25, -0.2) is 15.0 Å². The molecule has 9 nitrogen and oxygen atoms in total. The number of hydrogen-bond acceptors (Lipinski definition) is 8. The predicted octanol–water partition coefficient (Wildman–Crippen LogP) is 2.98. The zero-order valence-corrected chi connectivity index (χ0v) is 18.1. The molecule has 0 bridgehead atoms. The van der Waals surface area contributed by atoms with Crippen LogP contribution in [0.5, 0.6) is 5.75 Å². The number of rotatable bonds is 8. The summed E-state index contributed by atoms with van der Waals surface area (Å²) in [6.45, 7) is 8.96. The summed E-state index contributed by atoms with van der Waals surface area (Å²) < 4.78 is 7.59. The van der Waals surface area contributed by atoms with Crippen LogP contribution >= 0.6 is 0 Å². The third-order valence-electron chi connectivity index (χ3n) is 5.43. The molecule has 1 saturated heterocycles. The second kappa shape index (κ2) is 9.94. The number of ether oxygens (including phenoxy) is 1. The van der Waals surface area contributed by atoms with Crippen molar-refractivity contribution in [3.05, 3.63) is 61.5 Å². The van der Waals surface area contributed by atoms with Crippen LogP contribution in [0.15, 0.2) is 55.8 Å². The second-order valence-corrected chi connectivity index (χ2v) is 7.45. The fourth-order valence-electron chi connectivity index (χ4n) is 3.68. The van der Waals surface area contributed by atoms with Crippen LogP contribution in [-0.4, -0.2) is 64.3 Å². The molecule has 0 aliphatic carbocycles. The Labute approximate surface area is 187 Å². The summed E-state index contributed by atoms with van der Waals surface area (Å²) in [6, 6.07) is 8.20. The highest BCUT2D eigenvalue weighted by Gasteiger charge is 2.18. The molecule has 0 radical (unpaired) electrons. The van der Waals surface area contributed by atoms with Crippen molar-refractivity contribution < 1.29 is 4.74 Å². The number of nitrogens with one attached hydrogen (secondary N) is 1. The fraction of sp³-hybridized carbons (Fsp3) is 0.304. The molecule has 0 atom stereocenters. The maximum atomic E-state index is 8.83. The van der Waals surface area contributed by atoms with Crippen molar-refractivity contribution in [1.82, 2.24) is 24.4 Å². The highest BCUT2D eigenvalue weighted by Crippen LogP contribution is 2.30. The smallest absolute Gasteiger partial charge is 0.158 e. The summed E-state index contributed by atoms with van der Waals surface area (Å²) in [6.07, 6.45) is 9.50. The van der Waals surface area contributed by atoms with Crippen LogP contribution < -0.4 is 15.0 Å². The topological polar surface area (TPSA) is 95.1 Å². The normalized spacial score (nSPS) is 14.1. The summed E-state index contributed by atoms with van der Waals surface area (Å²) in [5, 5.41) is 11.9. The van der Waals surface area contributed by atoms with Gasteiger partial charge >= 0.3 is 0 Å². The van der Waals surface area contributed by atoms with Crippen molar-refractivity contribution in [1.29, 1.82) is 5.26 Å². The van der Waals surface area contributed by atoms with Gasteiger partial charge in [0, 0.05) is 44.5 Å². The van der Waals surface area contributed by atoms with E-state index in [2.05, 4.69) is 48.8 Å². The zero-order valence-electron chi connectivity index (χ0n) is 18.1. The van der Waals surface area contributed by atoms with E-state index in [0.29, 0.717) is 11.6 Å². The van der Waals surface area contributed by atoms with E-state index >= 15 is 0 Å². The summed E-state index contributed by atoms with van der Waals surface area (Å²) in [5.74, 6) is 1.91. The number of aromatic nitrogens is 4. The van der Waals surface area contributed by atoms with Gasteiger partial charge in [0.25, 0.3) is 0 Å². The van der Waals surface area contributed by atoms with E-state index in [1.807, 2.05) is 29.0 Å². The standard InChI is InChI=1S/C23H26N8O/c1-3-4-7-29-8-10-30(11-9-29)19-5-6-20(21(12-19)32-2)31-16-23(27-17-31)28-22-15-25-18(13-24)14-26-22/h3,5-6,12,14-17H,1,4,7-11H2,2H3,(H,26,28). The minimum atomic E-state index is 0.268.